The molecule has 0 spiro atoms. The average Bonchev–Trinajstić information content (AvgIpc) is 2.26. The quantitative estimate of drug-likeness (QED) is 0.838. The molecule has 2 heterocycles. The molecule has 0 aromatic carbocycles. The van der Waals surface area contributed by atoms with Crippen LogP contribution in [0, 0.1) is 0 Å². The lowest BCUT2D eigenvalue weighted by Crippen LogP contribution is -2.27. The molecule has 1 N–H and O–H groups in total. The van der Waals surface area contributed by atoms with Gasteiger partial charge in [-0.2, -0.15) is 0 Å². The maximum absolute atomic E-state index is 11.6. The highest BCUT2D eigenvalue weighted by atomic mass is 16.6. The van der Waals surface area contributed by atoms with Crippen LogP contribution in [-0.2, 0) is 4.74 Å². The third kappa shape index (κ3) is 3.16. The first-order valence-corrected chi connectivity index (χ1v) is 5.65. The molecule has 0 aliphatic rings. The summed E-state index contributed by atoms with van der Waals surface area (Å²) < 4.78 is 5.14. The number of carbonyl (C=O) groups excluding carboxylic acids is 1. The van der Waals surface area contributed by atoms with Crippen molar-refractivity contribution in [1.82, 2.24) is 9.97 Å². The molecular formula is C13H15N3O2. The third-order valence-corrected chi connectivity index (χ3v) is 2.12. The number of nitrogens with one attached hydrogen (secondary N) is 1. The Bertz CT molecular complexity index is 576. The maximum atomic E-state index is 11.6. The van der Waals surface area contributed by atoms with Gasteiger partial charge in [0.2, 0.25) is 0 Å². The van der Waals surface area contributed by atoms with E-state index in [1.165, 1.54) is 0 Å². The van der Waals surface area contributed by atoms with Crippen molar-refractivity contribution >= 4 is 22.8 Å². The molecule has 0 aliphatic heterocycles. The highest BCUT2D eigenvalue weighted by molar-refractivity contribution is 5.87. The second-order valence-electron chi connectivity index (χ2n) is 4.89. The standard InChI is InChI=1S/C13H15N3O2/c1-13(2,3)18-12(17)16-11-7-10-9(8-15-11)5-4-6-14-10/h4-8H,1-3H3,(H,15,16,17). The normalized spacial score (nSPS) is 11.3. The minimum atomic E-state index is -0.529. The molecule has 5 nitrogen and oxygen atoms in total. The van der Waals surface area contributed by atoms with Gasteiger partial charge in [-0.3, -0.25) is 10.3 Å². The number of hydrogen-bond donors (Lipinski definition) is 1. The maximum Gasteiger partial charge on any atom is 0.413 e. The number of carbonyl (C=O) groups is 1. The summed E-state index contributed by atoms with van der Waals surface area (Å²) in [6.07, 6.45) is 2.83. The molecule has 0 atom stereocenters. The van der Waals surface area contributed by atoms with Gasteiger partial charge in [-0.1, -0.05) is 0 Å². The summed E-state index contributed by atoms with van der Waals surface area (Å²) in [5, 5.41) is 3.50. The zero-order chi connectivity index (χ0) is 13.2. The highest BCUT2D eigenvalue weighted by Gasteiger charge is 2.16. The number of nitrogens with zero attached hydrogens (tertiary/aromatic N) is 2. The molecule has 0 bridgehead atoms. The predicted octanol–water partition coefficient (Wildman–Crippen LogP) is 2.98. The number of amides is 1. The van der Waals surface area contributed by atoms with Crippen LogP contribution in [0.3, 0.4) is 0 Å². The molecule has 2 aromatic rings. The van der Waals surface area contributed by atoms with Crippen LogP contribution in [0.4, 0.5) is 10.6 Å². The second-order valence-corrected chi connectivity index (χ2v) is 4.89. The van der Waals surface area contributed by atoms with Crippen LogP contribution < -0.4 is 5.32 Å². The van der Waals surface area contributed by atoms with Crippen molar-refractivity contribution in [2.24, 2.45) is 0 Å². The summed E-state index contributed by atoms with van der Waals surface area (Å²) in [5.41, 5.74) is 0.248. The minimum absolute atomic E-state index is 0.426. The number of aromatic nitrogens is 2. The Kier molecular flexibility index (Phi) is 3.14. The summed E-state index contributed by atoms with van der Waals surface area (Å²) in [6.45, 7) is 5.42. The van der Waals surface area contributed by atoms with Crippen LogP contribution in [0.1, 0.15) is 20.8 Å². The van der Waals surface area contributed by atoms with Gasteiger partial charge in [0.05, 0.1) is 5.52 Å². The summed E-state index contributed by atoms with van der Waals surface area (Å²) in [6, 6.07) is 5.46. The van der Waals surface area contributed by atoms with E-state index in [0.717, 1.165) is 10.9 Å². The van der Waals surface area contributed by atoms with Gasteiger partial charge in [0.1, 0.15) is 11.4 Å². The monoisotopic (exact) mass is 245 g/mol. The Balaban J connectivity index is 2.15. The van der Waals surface area contributed by atoms with Gasteiger partial charge < -0.3 is 4.74 Å². The Labute approximate surface area is 105 Å². The molecule has 2 rings (SSSR count). The smallest absolute Gasteiger partial charge is 0.413 e. The van der Waals surface area contributed by atoms with E-state index in [1.54, 1.807) is 18.5 Å². The molecule has 5 heteroatoms. The molecule has 0 radical (unpaired) electrons. The van der Waals surface area contributed by atoms with Crippen LogP contribution in [0.15, 0.2) is 30.6 Å². The Hall–Kier alpha value is -2.17. The summed E-state index contributed by atoms with van der Waals surface area (Å²) in [4.78, 5) is 19.9. The van der Waals surface area contributed by atoms with E-state index >= 15 is 0 Å². The fourth-order valence-corrected chi connectivity index (χ4v) is 1.44. The number of rotatable bonds is 1. The van der Waals surface area contributed by atoms with Crippen LogP contribution in [-0.4, -0.2) is 21.7 Å². The lowest BCUT2D eigenvalue weighted by Gasteiger charge is -2.19. The van der Waals surface area contributed by atoms with Gasteiger partial charge in [0.15, 0.2) is 0 Å². The van der Waals surface area contributed by atoms with Crippen molar-refractivity contribution in [3.63, 3.8) is 0 Å². The van der Waals surface area contributed by atoms with Crippen LogP contribution >= 0.6 is 0 Å². The minimum Gasteiger partial charge on any atom is -0.444 e. The van der Waals surface area contributed by atoms with E-state index in [1.807, 2.05) is 32.9 Å². The molecule has 0 unspecified atom stereocenters. The zero-order valence-electron chi connectivity index (χ0n) is 10.6. The van der Waals surface area contributed by atoms with Crippen molar-refractivity contribution in [3.8, 4) is 0 Å². The van der Waals surface area contributed by atoms with E-state index < -0.39 is 11.7 Å². The van der Waals surface area contributed by atoms with Gasteiger partial charge in [-0.05, 0) is 32.9 Å². The van der Waals surface area contributed by atoms with Crippen molar-refractivity contribution < 1.29 is 9.53 Å². The number of anilines is 1. The van der Waals surface area contributed by atoms with E-state index in [9.17, 15) is 4.79 Å². The topological polar surface area (TPSA) is 64.1 Å². The molecule has 0 aliphatic carbocycles. The Morgan fingerprint density at radius 2 is 2.11 bits per heavy atom. The first-order valence-electron chi connectivity index (χ1n) is 5.65. The van der Waals surface area contributed by atoms with Gasteiger partial charge in [0, 0.05) is 23.8 Å². The van der Waals surface area contributed by atoms with Crippen LogP contribution in [0.25, 0.3) is 10.9 Å². The van der Waals surface area contributed by atoms with Crippen molar-refractivity contribution in [2.45, 2.75) is 26.4 Å². The summed E-state index contributed by atoms with van der Waals surface area (Å²) in [7, 11) is 0. The predicted molar refractivity (Wildman–Crippen MR) is 69.4 cm³/mol. The molecule has 18 heavy (non-hydrogen) atoms. The summed E-state index contributed by atoms with van der Waals surface area (Å²) >= 11 is 0. The average molecular weight is 245 g/mol. The Morgan fingerprint density at radius 1 is 1.33 bits per heavy atom. The molecule has 0 saturated heterocycles. The van der Waals surface area contributed by atoms with Crippen molar-refractivity contribution in [1.29, 1.82) is 0 Å². The number of hydrogen-bond acceptors (Lipinski definition) is 4. The molecule has 0 fully saturated rings. The zero-order valence-corrected chi connectivity index (χ0v) is 10.6. The van der Waals surface area contributed by atoms with E-state index in [-0.39, 0.29) is 0 Å². The van der Waals surface area contributed by atoms with E-state index in [4.69, 9.17) is 4.74 Å². The molecule has 1 amide bonds. The first-order chi connectivity index (χ1) is 8.44. The molecule has 94 valence electrons. The van der Waals surface area contributed by atoms with Gasteiger partial charge >= 0.3 is 6.09 Å². The third-order valence-electron chi connectivity index (χ3n) is 2.12. The number of pyridine rings is 2. The summed E-state index contributed by atoms with van der Waals surface area (Å²) in [5.74, 6) is 0.426. The van der Waals surface area contributed by atoms with E-state index in [0.29, 0.717) is 5.82 Å². The van der Waals surface area contributed by atoms with Crippen LogP contribution in [0.2, 0.25) is 0 Å². The first kappa shape index (κ1) is 12.3. The van der Waals surface area contributed by atoms with Crippen molar-refractivity contribution in [3.05, 3.63) is 30.6 Å². The second kappa shape index (κ2) is 4.60. The molecule has 2 aromatic heterocycles. The van der Waals surface area contributed by atoms with Crippen LogP contribution in [0.5, 0.6) is 0 Å². The number of fused-ring (bicyclic) bond motifs is 1. The highest BCUT2D eigenvalue weighted by Crippen LogP contribution is 2.15. The lowest BCUT2D eigenvalue weighted by molar-refractivity contribution is 0.0635. The van der Waals surface area contributed by atoms with Gasteiger partial charge in [0.25, 0.3) is 0 Å². The largest absolute Gasteiger partial charge is 0.444 e. The molecular weight excluding hydrogens is 230 g/mol. The number of ether oxygens (including phenoxy) is 1. The van der Waals surface area contributed by atoms with Crippen molar-refractivity contribution in [2.75, 3.05) is 5.32 Å². The van der Waals surface area contributed by atoms with Gasteiger partial charge in [-0.15, -0.1) is 0 Å². The lowest BCUT2D eigenvalue weighted by atomic mass is 10.2. The molecule has 0 saturated carbocycles. The SMILES string of the molecule is CC(C)(C)OC(=O)Nc1cc2ncccc2cn1. The van der Waals surface area contributed by atoms with E-state index in [2.05, 4.69) is 15.3 Å². The fourth-order valence-electron chi connectivity index (χ4n) is 1.44. The Morgan fingerprint density at radius 3 is 2.83 bits per heavy atom. The van der Waals surface area contributed by atoms with Gasteiger partial charge in [-0.25, -0.2) is 9.78 Å². The fraction of sp³-hybridized carbons (Fsp3) is 0.308.